The molecular weight excluding hydrogens is 279 g/mol. The van der Waals surface area contributed by atoms with E-state index >= 15 is 0 Å². The zero-order valence-electron chi connectivity index (χ0n) is 11.8. The Hall–Kier alpha value is -0.980. The zero-order valence-corrected chi connectivity index (χ0v) is 12.7. The highest BCUT2D eigenvalue weighted by molar-refractivity contribution is 7.89. The normalized spacial score (nSPS) is 18.6. The van der Waals surface area contributed by atoms with Gasteiger partial charge in [0.25, 0.3) is 0 Å². The van der Waals surface area contributed by atoms with Crippen molar-refractivity contribution in [2.75, 3.05) is 13.1 Å². The standard InChI is InChI=1S/C14H21FN2O2S/c1-11(2)17-9-7-13(8-10-17)16-20(18,19)14-5-3-12(15)4-6-14/h3-6,11,13,16H,7-10H2,1-2H3. The number of halogens is 1. The minimum absolute atomic E-state index is 0.0416. The van der Waals surface area contributed by atoms with E-state index in [1.54, 1.807) is 0 Å². The second-order valence-corrected chi connectivity index (χ2v) is 7.19. The van der Waals surface area contributed by atoms with Crippen molar-refractivity contribution in [3.8, 4) is 0 Å². The van der Waals surface area contributed by atoms with E-state index in [1.807, 2.05) is 0 Å². The van der Waals surface area contributed by atoms with Crippen molar-refractivity contribution in [2.45, 2.75) is 43.7 Å². The molecule has 112 valence electrons. The molecule has 0 saturated carbocycles. The number of benzene rings is 1. The second-order valence-electron chi connectivity index (χ2n) is 5.48. The van der Waals surface area contributed by atoms with Crippen molar-refractivity contribution in [3.63, 3.8) is 0 Å². The van der Waals surface area contributed by atoms with Crippen LogP contribution in [0.3, 0.4) is 0 Å². The summed E-state index contributed by atoms with van der Waals surface area (Å²) < 4.78 is 39.9. The van der Waals surface area contributed by atoms with Crippen molar-refractivity contribution in [1.29, 1.82) is 0 Å². The number of piperidine rings is 1. The Morgan fingerprint density at radius 2 is 1.75 bits per heavy atom. The van der Waals surface area contributed by atoms with Crippen LogP contribution >= 0.6 is 0 Å². The fourth-order valence-corrected chi connectivity index (χ4v) is 3.74. The van der Waals surface area contributed by atoms with Gasteiger partial charge in [-0.1, -0.05) is 0 Å². The molecule has 20 heavy (non-hydrogen) atoms. The molecule has 0 amide bonds. The Labute approximate surface area is 120 Å². The molecule has 1 fully saturated rings. The molecule has 0 aromatic heterocycles. The van der Waals surface area contributed by atoms with Gasteiger partial charge < -0.3 is 4.90 Å². The van der Waals surface area contributed by atoms with E-state index in [0.717, 1.165) is 38.1 Å². The molecule has 1 aliphatic rings. The number of nitrogens with zero attached hydrogens (tertiary/aromatic N) is 1. The van der Waals surface area contributed by atoms with Crippen LogP contribution in [-0.2, 0) is 10.0 Å². The molecule has 0 aliphatic carbocycles. The maximum Gasteiger partial charge on any atom is 0.240 e. The van der Waals surface area contributed by atoms with Crippen LogP contribution in [0.4, 0.5) is 4.39 Å². The predicted octanol–water partition coefficient (Wildman–Crippen LogP) is 1.98. The van der Waals surface area contributed by atoms with E-state index in [0.29, 0.717) is 6.04 Å². The third kappa shape index (κ3) is 3.77. The molecule has 6 heteroatoms. The summed E-state index contributed by atoms with van der Waals surface area (Å²) in [4.78, 5) is 2.45. The molecule has 0 bridgehead atoms. The Balaban J connectivity index is 1.98. The second kappa shape index (κ2) is 6.20. The summed E-state index contributed by atoms with van der Waals surface area (Å²) in [5.41, 5.74) is 0. The first-order valence-electron chi connectivity index (χ1n) is 6.90. The van der Waals surface area contributed by atoms with Crippen LogP contribution in [0.2, 0.25) is 0 Å². The molecule has 0 unspecified atom stereocenters. The van der Waals surface area contributed by atoms with Crippen LogP contribution in [0.25, 0.3) is 0 Å². The van der Waals surface area contributed by atoms with Gasteiger partial charge in [0.1, 0.15) is 5.82 Å². The van der Waals surface area contributed by atoms with Gasteiger partial charge in [-0.3, -0.25) is 0 Å². The Morgan fingerprint density at radius 3 is 2.25 bits per heavy atom. The number of hydrogen-bond acceptors (Lipinski definition) is 3. The van der Waals surface area contributed by atoms with Crippen molar-refractivity contribution < 1.29 is 12.8 Å². The monoisotopic (exact) mass is 300 g/mol. The maximum absolute atomic E-state index is 12.8. The first-order chi connectivity index (χ1) is 9.38. The Kier molecular flexibility index (Phi) is 4.78. The van der Waals surface area contributed by atoms with E-state index in [-0.39, 0.29) is 10.9 Å². The van der Waals surface area contributed by atoms with E-state index in [2.05, 4.69) is 23.5 Å². The highest BCUT2D eigenvalue weighted by Gasteiger charge is 2.25. The van der Waals surface area contributed by atoms with Gasteiger partial charge in [-0.05, 0) is 64.0 Å². The molecule has 0 radical (unpaired) electrons. The van der Waals surface area contributed by atoms with E-state index in [4.69, 9.17) is 0 Å². The van der Waals surface area contributed by atoms with Gasteiger partial charge in [-0.2, -0.15) is 0 Å². The minimum Gasteiger partial charge on any atom is -0.301 e. The molecule has 4 nitrogen and oxygen atoms in total. The van der Waals surface area contributed by atoms with Crippen LogP contribution in [0.15, 0.2) is 29.2 Å². The molecule has 1 heterocycles. The van der Waals surface area contributed by atoms with Crippen LogP contribution in [0.5, 0.6) is 0 Å². The highest BCUT2D eigenvalue weighted by atomic mass is 32.2. The minimum atomic E-state index is -3.55. The third-order valence-electron chi connectivity index (χ3n) is 3.71. The van der Waals surface area contributed by atoms with E-state index in [9.17, 15) is 12.8 Å². The van der Waals surface area contributed by atoms with Gasteiger partial charge in [0.05, 0.1) is 4.90 Å². The van der Waals surface area contributed by atoms with Crippen molar-refractivity contribution >= 4 is 10.0 Å². The first kappa shape index (κ1) is 15.4. The smallest absolute Gasteiger partial charge is 0.240 e. The lowest BCUT2D eigenvalue weighted by molar-refractivity contribution is 0.168. The summed E-state index contributed by atoms with van der Waals surface area (Å²) in [6.07, 6.45) is 1.61. The van der Waals surface area contributed by atoms with Gasteiger partial charge in [0.15, 0.2) is 0 Å². The van der Waals surface area contributed by atoms with Crippen molar-refractivity contribution in [1.82, 2.24) is 9.62 Å². The van der Waals surface area contributed by atoms with Crippen LogP contribution in [0.1, 0.15) is 26.7 Å². The molecule has 2 rings (SSSR count). The first-order valence-corrected chi connectivity index (χ1v) is 8.39. The summed E-state index contributed by atoms with van der Waals surface area (Å²) in [5.74, 6) is -0.436. The van der Waals surface area contributed by atoms with E-state index < -0.39 is 15.8 Å². The SMILES string of the molecule is CC(C)N1CCC(NS(=O)(=O)c2ccc(F)cc2)CC1. The predicted molar refractivity (Wildman–Crippen MR) is 76.5 cm³/mol. The quantitative estimate of drug-likeness (QED) is 0.925. The van der Waals surface area contributed by atoms with Gasteiger partial charge in [-0.15, -0.1) is 0 Å². The fraction of sp³-hybridized carbons (Fsp3) is 0.571. The number of nitrogens with one attached hydrogen (secondary N) is 1. The number of likely N-dealkylation sites (tertiary alicyclic amines) is 1. The molecule has 1 saturated heterocycles. The largest absolute Gasteiger partial charge is 0.301 e. The number of hydrogen-bond donors (Lipinski definition) is 1. The Morgan fingerprint density at radius 1 is 1.20 bits per heavy atom. The highest BCUT2D eigenvalue weighted by Crippen LogP contribution is 2.16. The average molecular weight is 300 g/mol. The molecular formula is C14H21FN2O2S. The zero-order chi connectivity index (χ0) is 14.8. The maximum atomic E-state index is 12.8. The molecule has 0 atom stereocenters. The lowest BCUT2D eigenvalue weighted by Crippen LogP contribution is -2.46. The summed E-state index contributed by atoms with van der Waals surface area (Å²) in [5, 5.41) is 0. The topological polar surface area (TPSA) is 49.4 Å². The molecule has 0 spiro atoms. The molecule has 1 aromatic carbocycles. The van der Waals surface area contributed by atoms with Crippen molar-refractivity contribution in [2.24, 2.45) is 0 Å². The molecule has 1 aromatic rings. The fourth-order valence-electron chi connectivity index (χ4n) is 2.43. The van der Waals surface area contributed by atoms with Crippen LogP contribution in [0, 0.1) is 5.82 Å². The average Bonchev–Trinajstić information content (AvgIpc) is 2.39. The summed E-state index contributed by atoms with van der Waals surface area (Å²) in [7, 11) is -3.55. The summed E-state index contributed by atoms with van der Waals surface area (Å²) >= 11 is 0. The number of sulfonamides is 1. The third-order valence-corrected chi connectivity index (χ3v) is 5.24. The summed E-state index contributed by atoms with van der Waals surface area (Å²) in [6.45, 7) is 6.08. The van der Waals surface area contributed by atoms with Gasteiger partial charge in [-0.25, -0.2) is 17.5 Å². The summed E-state index contributed by atoms with van der Waals surface area (Å²) in [6, 6.07) is 5.36. The van der Waals surface area contributed by atoms with Crippen LogP contribution < -0.4 is 4.72 Å². The van der Waals surface area contributed by atoms with Gasteiger partial charge >= 0.3 is 0 Å². The van der Waals surface area contributed by atoms with Gasteiger partial charge in [0.2, 0.25) is 10.0 Å². The lowest BCUT2D eigenvalue weighted by atomic mass is 10.1. The van der Waals surface area contributed by atoms with Crippen LogP contribution in [-0.4, -0.2) is 38.5 Å². The molecule has 1 N–H and O–H groups in total. The van der Waals surface area contributed by atoms with Gasteiger partial charge in [0, 0.05) is 12.1 Å². The number of rotatable bonds is 4. The van der Waals surface area contributed by atoms with E-state index in [1.165, 1.54) is 12.1 Å². The molecule has 1 aliphatic heterocycles. The Bertz CT molecular complexity index is 535. The lowest BCUT2D eigenvalue weighted by Gasteiger charge is -2.34. The van der Waals surface area contributed by atoms with Crippen molar-refractivity contribution in [3.05, 3.63) is 30.1 Å².